The van der Waals surface area contributed by atoms with Gasteiger partial charge in [-0.2, -0.15) is 0 Å². The zero-order valence-electron chi connectivity index (χ0n) is 16.5. The molecule has 1 aromatic heterocycles. The number of imidazole rings is 1. The summed E-state index contributed by atoms with van der Waals surface area (Å²) in [6, 6.07) is 14.1. The molecule has 28 heavy (non-hydrogen) atoms. The molecule has 4 rings (SSSR count). The largest absolute Gasteiger partial charge is 0.493 e. The van der Waals surface area contributed by atoms with Crippen molar-refractivity contribution in [3.05, 3.63) is 59.4 Å². The van der Waals surface area contributed by atoms with Crippen LogP contribution in [0.25, 0.3) is 11.0 Å². The second kappa shape index (κ2) is 8.05. The van der Waals surface area contributed by atoms with Gasteiger partial charge in [0.15, 0.2) is 0 Å². The summed E-state index contributed by atoms with van der Waals surface area (Å²) < 4.78 is 5.55. The summed E-state index contributed by atoms with van der Waals surface area (Å²) in [6.45, 7) is 5.05. The van der Waals surface area contributed by atoms with Gasteiger partial charge in [0, 0.05) is 12.8 Å². The fraction of sp³-hybridized carbons (Fsp3) is 0.391. The minimum atomic E-state index is -0.113. The van der Waals surface area contributed by atoms with Gasteiger partial charge in [0.05, 0.1) is 23.7 Å². The van der Waals surface area contributed by atoms with Crippen molar-refractivity contribution in [2.75, 3.05) is 6.61 Å². The monoisotopic (exact) mass is 377 g/mol. The lowest BCUT2D eigenvalue weighted by atomic mass is 9.98. The highest BCUT2D eigenvalue weighted by Crippen LogP contribution is 2.27. The Balaban J connectivity index is 1.43. The molecule has 0 aliphatic carbocycles. The Morgan fingerprint density at radius 3 is 2.96 bits per heavy atom. The van der Waals surface area contributed by atoms with Crippen molar-refractivity contribution in [1.82, 2.24) is 15.3 Å². The standard InChI is InChI=1S/C23H27N3O2/c1-3-15(2)22(23-24-18-6-4-5-7-19(18)25-23)26-21(27)11-9-16-8-10-20-17(14-16)12-13-28-20/h4-8,10,14-15,22H,3,9,11-13H2,1-2H3,(H,24,25)(H,26,27)/t15-,22+/m0/s1. The van der Waals surface area contributed by atoms with Crippen LogP contribution in [0.2, 0.25) is 0 Å². The van der Waals surface area contributed by atoms with Crippen LogP contribution in [0.5, 0.6) is 5.75 Å². The van der Waals surface area contributed by atoms with Crippen LogP contribution in [0.1, 0.15) is 49.7 Å². The Kier molecular flexibility index (Phi) is 5.33. The van der Waals surface area contributed by atoms with Gasteiger partial charge < -0.3 is 15.0 Å². The van der Waals surface area contributed by atoms with Crippen molar-refractivity contribution in [2.45, 2.75) is 45.6 Å². The molecule has 2 N–H and O–H groups in total. The summed E-state index contributed by atoms with van der Waals surface area (Å²) in [5.74, 6) is 2.16. The summed E-state index contributed by atoms with van der Waals surface area (Å²) in [5.41, 5.74) is 4.36. The molecule has 0 unspecified atom stereocenters. The third-order valence-electron chi connectivity index (χ3n) is 5.63. The van der Waals surface area contributed by atoms with Crippen LogP contribution in [-0.4, -0.2) is 22.5 Å². The molecule has 1 aliphatic heterocycles. The van der Waals surface area contributed by atoms with E-state index in [0.717, 1.165) is 48.5 Å². The van der Waals surface area contributed by atoms with Crippen LogP contribution in [0.4, 0.5) is 0 Å². The number of ether oxygens (including phenoxy) is 1. The minimum Gasteiger partial charge on any atom is -0.493 e. The molecule has 1 aliphatic rings. The number of aryl methyl sites for hydroxylation is 1. The molecule has 1 amide bonds. The molecule has 2 aromatic carbocycles. The minimum absolute atomic E-state index is 0.0579. The predicted molar refractivity (Wildman–Crippen MR) is 110 cm³/mol. The number of amides is 1. The van der Waals surface area contributed by atoms with E-state index in [4.69, 9.17) is 9.72 Å². The molecule has 0 radical (unpaired) electrons. The van der Waals surface area contributed by atoms with E-state index < -0.39 is 0 Å². The molecular weight excluding hydrogens is 350 g/mol. The SMILES string of the molecule is CC[C@H](C)[C@@H](NC(=O)CCc1ccc2c(c1)CCO2)c1nc2ccccc2[nH]1. The number of para-hydroxylation sites is 2. The first kappa shape index (κ1) is 18.5. The summed E-state index contributed by atoms with van der Waals surface area (Å²) in [5, 5.41) is 3.21. The van der Waals surface area contributed by atoms with Crippen molar-refractivity contribution in [3.8, 4) is 5.75 Å². The number of nitrogens with zero attached hydrogens (tertiary/aromatic N) is 1. The Hall–Kier alpha value is -2.82. The van der Waals surface area contributed by atoms with Gasteiger partial charge in [0.25, 0.3) is 0 Å². The third-order valence-corrected chi connectivity index (χ3v) is 5.63. The van der Waals surface area contributed by atoms with E-state index in [0.29, 0.717) is 12.3 Å². The number of benzene rings is 2. The second-order valence-electron chi connectivity index (χ2n) is 7.61. The predicted octanol–water partition coefficient (Wildman–Crippen LogP) is 4.33. The zero-order valence-corrected chi connectivity index (χ0v) is 16.5. The van der Waals surface area contributed by atoms with E-state index >= 15 is 0 Å². The number of carbonyl (C=O) groups is 1. The van der Waals surface area contributed by atoms with Crippen LogP contribution in [0, 0.1) is 5.92 Å². The van der Waals surface area contributed by atoms with Gasteiger partial charge in [-0.1, -0.05) is 44.5 Å². The van der Waals surface area contributed by atoms with Crippen LogP contribution in [-0.2, 0) is 17.6 Å². The number of rotatable bonds is 7. The number of aromatic amines is 1. The molecule has 3 aromatic rings. The molecule has 0 saturated carbocycles. The van der Waals surface area contributed by atoms with E-state index in [-0.39, 0.29) is 11.9 Å². The Labute approximate surface area is 165 Å². The highest BCUT2D eigenvalue weighted by molar-refractivity contribution is 5.77. The average Bonchev–Trinajstić information content (AvgIpc) is 3.35. The van der Waals surface area contributed by atoms with Gasteiger partial charge >= 0.3 is 0 Å². The third kappa shape index (κ3) is 3.88. The summed E-state index contributed by atoms with van der Waals surface area (Å²) >= 11 is 0. The maximum atomic E-state index is 12.7. The molecule has 0 fully saturated rings. The topological polar surface area (TPSA) is 67.0 Å². The molecule has 5 heteroatoms. The van der Waals surface area contributed by atoms with Gasteiger partial charge in [0.2, 0.25) is 5.91 Å². The first-order valence-corrected chi connectivity index (χ1v) is 10.1. The second-order valence-corrected chi connectivity index (χ2v) is 7.61. The Bertz CT molecular complexity index is 946. The lowest BCUT2D eigenvalue weighted by molar-refractivity contribution is -0.122. The van der Waals surface area contributed by atoms with Gasteiger partial charge in [0.1, 0.15) is 11.6 Å². The highest BCUT2D eigenvalue weighted by atomic mass is 16.5. The number of H-pyrrole nitrogens is 1. The lowest BCUT2D eigenvalue weighted by Crippen LogP contribution is -2.33. The molecule has 2 atom stereocenters. The van der Waals surface area contributed by atoms with E-state index in [9.17, 15) is 4.79 Å². The van der Waals surface area contributed by atoms with Gasteiger partial charge in [-0.25, -0.2) is 4.98 Å². The van der Waals surface area contributed by atoms with E-state index in [1.807, 2.05) is 30.3 Å². The first-order chi connectivity index (χ1) is 13.6. The van der Waals surface area contributed by atoms with E-state index in [2.05, 4.69) is 36.3 Å². The van der Waals surface area contributed by atoms with Crippen LogP contribution in [0.3, 0.4) is 0 Å². The fourth-order valence-electron chi connectivity index (χ4n) is 3.73. The zero-order chi connectivity index (χ0) is 19.5. The molecule has 0 spiro atoms. The van der Waals surface area contributed by atoms with Crippen molar-refractivity contribution >= 4 is 16.9 Å². The number of hydrogen-bond donors (Lipinski definition) is 2. The number of nitrogens with one attached hydrogen (secondary N) is 2. The lowest BCUT2D eigenvalue weighted by Gasteiger charge is -2.22. The summed E-state index contributed by atoms with van der Waals surface area (Å²) in [6.07, 6.45) is 3.11. The van der Waals surface area contributed by atoms with E-state index in [1.165, 1.54) is 11.1 Å². The maximum Gasteiger partial charge on any atom is 0.220 e. The van der Waals surface area contributed by atoms with Gasteiger partial charge in [-0.15, -0.1) is 0 Å². The fourth-order valence-corrected chi connectivity index (χ4v) is 3.73. The van der Waals surface area contributed by atoms with Gasteiger partial charge in [-0.05, 0) is 41.7 Å². The molecule has 5 nitrogen and oxygen atoms in total. The number of carbonyl (C=O) groups excluding carboxylic acids is 1. The van der Waals surface area contributed by atoms with Crippen LogP contribution < -0.4 is 10.1 Å². The number of hydrogen-bond acceptors (Lipinski definition) is 3. The average molecular weight is 377 g/mol. The molecule has 0 bridgehead atoms. The summed E-state index contributed by atoms with van der Waals surface area (Å²) in [4.78, 5) is 20.8. The first-order valence-electron chi connectivity index (χ1n) is 10.1. The molecule has 0 saturated heterocycles. The van der Waals surface area contributed by atoms with Crippen molar-refractivity contribution in [3.63, 3.8) is 0 Å². The van der Waals surface area contributed by atoms with Crippen molar-refractivity contribution < 1.29 is 9.53 Å². The Morgan fingerprint density at radius 2 is 2.14 bits per heavy atom. The smallest absolute Gasteiger partial charge is 0.220 e. The molecule has 2 heterocycles. The van der Waals surface area contributed by atoms with Gasteiger partial charge in [-0.3, -0.25) is 4.79 Å². The molecular formula is C23H27N3O2. The number of fused-ring (bicyclic) bond motifs is 2. The van der Waals surface area contributed by atoms with Crippen LogP contribution in [0.15, 0.2) is 42.5 Å². The van der Waals surface area contributed by atoms with Crippen molar-refractivity contribution in [1.29, 1.82) is 0 Å². The normalized spacial score (nSPS) is 15.1. The summed E-state index contributed by atoms with van der Waals surface area (Å²) in [7, 11) is 0. The quantitative estimate of drug-likeness (QED) is 0.644. The van der Waals surface area contributed by atoms with Crippen LogP contribution >= 0.6 is 0 Å². The highest BCUT2D eigenvalue weighted by Gasteiger charge is 2.23. The number of aromatic nitrogens is 2. The Morgan fingerprint density at radius 1 is 1.29 bits per heavy atom. The maximum absolute atomic E-state index is 12.7. The van der Waals surface area contributed by atoms with E-state index in [1.54, 1.807) is 0 Å². The van der Waals surface area contributed by atoms with Crippen molar-refractivity contribution in [2.24, 2.45) is 5.92 Å². The molecule has 146 valence electrons.